The lowest BCUT2D eigenvalue weighted by molar-refractivity contribution is 0.189. The van der Waals surface area contributed by atoms with Crippen molar-refractivity contribution in [3.8, 4) is 0 Å². The van der Waals surface area contributed by atoms with Gasteiger partial charge in [-0.25, -0.2) is 0 Å². The molecule has 0 spiro atoms. The molecule has 2 unspecified atom stereocenters. The zero-order chi connectivity index (χ0) is 12.1. The number of benzene rings is 1. The van der Waals surface area contributed by atoms with Gasteiger partial charge in [0, 0.05) is 18.6 Å². The van der Waals surface area contributed by atoms with Crippen molar-refractivity contribution in [2.75, 3.05) is 13.7 Å². The van der Waals surface area contributed by atoms with Crippen LogP contribution in [0.25, 0.3) is 0 Å². The quantitative estimate of drug-likeness (QED) is 0.801. The van der Waals surface area contributed by atoms with E-state index >= 15 is 0 Å². The van der Waals surface area contributed by atoms with Crippen LogP contribution in [0.1, 0.15) is 36.1 Å². The van der Waals surface area contributed by atoms with Gasteiger partial charge in [-0.1, -0.05) is 30.7 Å². The van der Waals surface area contributed by atoms with Crippen molar-refractivity contribution in [2.45, 2.75) is 33.2 Å². The number of aliphatic hydroxyl groups excluding tert-OH is 1. The van der Waals surface area contributed by atoms with E-state index < -0.39 is 0 Å². The molecule has 0 aliphatic heterocycles. The second-order valence-corrected chi connectivity index (χ2v) is 4.48. The van der Waals surface area contributed by atoms with Crippen molar-refractivity contribution in [3.05, 3.63) is 34.9 Å². The van der Waals surface area contributed by atoms with Gasteiger partial charge in [-0.3, -0.25) is 0 Å². The molecule has 0 aliphatic carbocycles. The van der Waals surface area contributed by atoms with Gasteiger partial charge < -0.3 is 10.4 Å². The van der Waals surface area contributed by atoms with Gasteiger partial charge in [0.25, 0.3) is 0 Å². The van der Waals surface area contributed by atoms with Crippen LogP contribution in [-0.2, 0) is 0 Å². The second kappa shape index (κ2) is 6.02. The minimum atomic E-state index is 0.231. The Labute approximate surface area is 98.7 Å². The van der Waals surface area contributed by atoms with E-state index in [0.29, 0.717) is 0 Å². The fourth-order valence-corrected chi connectivity index (χ4v) is 2.29. The Balaban J connectivity index is 3.03. The average molecular weight is 221 g/mol. The van der Waals surface area contributed by atoms with Gasteiger partial charge in [0.05, 0.1) is 0 Å². The zero-order valence-electron chi connectivity index (χ0n) is 10.7. The molecule has 1 aromatic rings. The van der Waals surface area contributed by atoms with Crippen LogP contribution in [0, 0.1) is 19.8 Å². The Kier molecular flexibility index (Phi) is 4.97. The molecule has 2 heteroatoms. The molecule has 0 aromatic heterocycles. The van der Waals surface area contributed by atoms with Crippen LogP contribution in [-0.4, -0.2) is 18.8 Å². The summed E-state index contributed by atoms with van der Waals surface area (Å²) in [5.74, 6) is 0.284. The highest BCUT2D eigenvalue weighted by Gasteiger charge is 2.20. The Hall–Kier alpha value is -0.860. The molecular formula is C14H23NO. The molecule has 2 nitrogen and oxygen atoms in total. The Morgan fingerprint density at radius 1 is 1.31 bits per heavy atom. The summed E-state index contributed by atoms with van der Waals surface area (Å²) < 4.78 is 0. The Morgan fingerprint density at radius 2 is 2.00 bits per heavy atom. The fourth-order valence-electron chi connectivity index (χ4n) is 2.29. The lowest BCUT2D eigenvalue weighted by atomic mass is 9.88. The predicted molar refractivity (Wildman–Crippen MR) is 68.6 cm³/mol. The van der Waals surface area contributed by atoms with E-state index in [2.05, 4.69) is 44.3 Å². The molecule has 0 radical (unpaired) electrons. The first-order valence-corrected chi connectivity index (χ1v) is 5.99. The number of rotatable bonds is 5. The zero-order valence-corrected chi connectivity index (χ0v) is 10.7. The van der Waals surface area contributed by atoms with Crippen molar-refractivity contribution < 1.29 is 5.11 Å². The van der Waals surface area contributed by atoms with Gasteiger partial charge >= 0.3 is 0 Å². The Morgan fingerprint density at radius 3 is 2.44 bits per heavy atom. The third kappa shape index (κ3) is 2.83. The maximum atomic E-state index is 9.39. The summed E-state index contributed by atoms with van der Waals surface area (Å²) in [6.07, 6.45) is 0.981. The van der Waals surface area contributed by atoms with Crippen LogP contribution in [0.3, 0.4) is 0 Å². The molecule has 0 bridgehead atoms. The van der Waals surface area contributed by atoms with Crippen LogP contribution in [0.2, 0.25) is 0 Å². The summed E-state index contributed by atoms with van der Waals surface area (Å²) in [7, 11) is 1.96. The van der Waals surface area contributed by atoms with Crippen LogP contribution in [0.15, 0.2) is 18.2 Å². The summed E-state index contributed by atoms with van der Waals surface area (Å²) in [5, 5.41) is 12.7. The standard InChI is InChI=1S/C14H23NO/c1-5-12(9-16)14(15-4)13-7-6-10(2)8-11(13)3/h6-8,12,14-16H,5,9H2,1-4H3. The number of hydrogen-bond donors (Lipinski definition) is 2. The second-order valence-electron chi connectivity index (χ2n) is 4.48. The summed E-state index contributed by atoms with van der Waals surface area (Å²) in [6.45, 7) is 6.59. The highest BCUT2D eigenvalue weighted by molar-refractivity contribution is 5.33. The highest BCUT2D eigenvalue weighted by Crippen LogP contribution is 2.27. The highest BCUT2D eigenvalue weighted by atomic mass is 16.3. The number of aliphatic hydroxyl groups is 1. The predicted octanol–water partition coefficient (Wildman–Crippen LogP) is 2.58. The van der Waals surface area contributed by atoms with Crippen LogP contribution < -0.4 is 5.32 Å². The lowest BCUT2D eigenvalue weighted by Crippen LogP contribution is -2.28. The van der Waals surface area contributed by atoms with Crippen LogP contribution >= 0.6 is 0 Å². The molecule has 0 aliphatic rings. The Bertz CT molecular complexity index is 332. The smallest absolute Gasteiger partial charge is 0.0477 e. The molecule has 0 fully saturated rings. The molecule has 1 aromatic carbocycles. The van der Waals surface area contributed by atoms with E-state index in [1.54, 1.807) is 0 Å². The third-order valence-corrected chi connectivity index (χ3v) is 3.30. The van der Waals surface area contributed by atoms with E-state index in [1.807, 2.05) is 7.05 Å². The van der Waals surface area contributed by atoms with E-state index in [1.165, 1.54) is 16.7 Å². The maximum Gasteiger partial charge on any atom is 0.0477 e. The normalized spacial score (nSPS) is 14.8. The van der Waals surface area contributed by atoms with Crippen molar-refractivity contribution >= 4 is 0 Å². The molecule has 2 N–H and O–H groups in total. The molecule has 0 saturated carbocycles. The first-order valence-electron chi connectivity index (χ1n) is 5.99. The van der Waals surface area contributed by atoms with E-state index in [9.17, 15) is 5.11 Å². The summed E-state index contributed by atoms with van der Waals surface area (Å²) in [4.78, 5) is 0. The molecule has 0 saturated heterocycles. The molecule has 1 rings (SSSR count). The molecular weight excluding hydrogens is 198 g/mol. The largest absolute Gasteiger partial charge is 0.396 e. The third-order valence-electron chi connectivity index (χ3n) is 3.30. The lowest BCUT2D eigenvalue weighted by Gasteiger charge is -2.26. The molecule has 2 atom stereocenters. The molecule has 90 valence electrons. The molecule has 16 heavy (non-hydrogen) atoms. The minimum absolute atomic E-state index is 0.231. The van der Waals surface area contributed by atoms with Gasteiger partial charge in [0.1, 0.15) is 0 Å². The first kappa shape index (κ1) is 13.2. The van der Waals surface area contributed by atoms with Gasteiger partial charge in [-0.05, 0) is 38.4 Å². The first-order chi connectivity index (χ1) is 7.63. The van der Waals surface area contributed by atoms with E-state index in [-0.39, 0.29) is 18.6 Å². The summed E-state index contributed by atoms with van der Waals surface area (Å²) >= 11 is 0. The minimum Gasteiger partial charge on any atom is -0.396 e. The van der Waals surface area contributed by atoms with Crippen molar-refractivity contribution in [2.24, 2.45) is 5.92 Å². The average Bonchev–Trinajstić information content (AvgIpc) is 2.27. The van der Waals surface area contributed by atoms with E-state index in [4.69, 9.17) is 0 Å². The number of nitrogens with one attached hydrogen (secondary N) is 1. The van der Waals surface area contributed by atoms with Gasteiger partial charge in [0.15, 0.2) is 0 Å². The van der Waals surface area contributed by atoms with Crippen molar-refractivity contribution in [1.29, 1.82) is 0 Å². The van der Waals surface area contributed by atoms with Gasteiger partial charge in [-0.15, -0.1) is 0 Å². The van der Waals surface area contributed by atoms with Crippen LogP contribution in [0.5, 0.6) is 0 Å². The van der Waals surface area contributed by atoms with Crippen molar-refractivity contribution in [3.63, 3.8) is 0 Å². The van der Waals surface area contributed by atoms with Crippen LogP contribution in [0.4, 0.5) is 0 Å². The van der Waals surface area contributed by atoms with Crippen molar-refractivity contribution in [1.82, 2.24) is 5.32 Å². The summed E-state index contributed by atoms with van der Waals surface area (Å²) in [5.41, 5.74) is 3.88. The molecule has 0 amide bonds. The topological polar surface area (TPSA) is 32.3 Å². The molecule has 0 heterocycles. The fraction of sp³-hybridized carbons (Fsp3) is 0.571. The van der Waals surface area contributed by atoms with Gasteiger partial charge in [0.2, 0.25) is 0 Å². The SMILES string of the molecule is CCC(CO)C(NC)c1ccc(C)cc1C. The number of aryl methyl sites for hydroxylation is 2. The van der Waals surface area contributed by atoms with Gasteiger partial charge in [-0.2, -0.15) is 0 Å². The number of hydrogen-bond acceptors (Lipinski definition) is 2. The maximum absolute atomic E-state index is 9.39. The monoisotopic (exact) mass is 221 g/mol. The summed E-state index contributed by atoms with van der Waals surface area (Å²) in [6, 6.07) is 6.75. The van der Waals surface area contributed by atoms with E-state index in [0.717, 1.165) is 6.42 Å².